The fraction of sp³-hybridized carbons (Fsp3) is 0.357. The monoisotopic (exact) mass is 481 g/mol. The third-order valence-electron chi connectivity index (χ3n) is 6.03. The molecule has 0 aliphatic carbocycles. The zero-order valence-electron chi connectivity index (χ0n) is 21.7. The Morgan fingerprint density at radius 3 is 1.69 bits per heavy atom. The number of aromatic hydroxyl groups is 2. The Labute approximate surface area is 207 Å². The first-order chi connectivity index (χ1) is 16.4. The second kappa shape index (κ2) is 11.6. The lowest BCUT2D eigenvalue weighted by molar-refractivity contribution is -0.137. The summed E-state index contributed by atoms with van der Waals surface area (Å²) in [5.41, 5.74) is 6.64. The van der Waals surface area contributed by atoms with E-state index in [9.17, 15) is 14.7 Å². The summed E-state index contributed by atoms with van der Waals surface area (Å²) in [6, 6.07) is 9.28. The quantitative estimate of drug-likeness (QED) is 0.545. The Kier molecular flexibility index (Phi) is 9.12. The lowest BCUT2D eigenvalue weighted by Crippen LogP contribution is -2.34. The van der Waals surface area contributed by atoms with Gasteiger partial charge in [0.25, 0.3) is 0 Å². The molecular formula is C28H35NO6. The van der Waals surface area contributed by atoms with E-state index in [0.717, 1.165) is 22.3 Å². The molecule has 0 saturated carbocycles. The molecule has 188 valence electrons. The maximum atomic E-state index is 12.4. The second-order valence-corrected chi connectivity index (χ2v) is 8.81. The van der Waals surface area contributed by atoms with Crippen LogP contribution in [-0.2, 0) is 25.5 Å². The number of allylic oxidation sites excluding steroid dienone is 2. The Morgan fingerprint density at radius 1 is 0.800 bits per heavy atom. The topological polar surface area (TPSA) is 105 Å². The Balaban J connectivity index is 0.000000402. The third kappa shape index (κ3) is 6.44. The zero-order chi connectivity index (χ0) is 26.4. The van der Waals surface area contributed by atoms with Crippen LogP contribution in [0.15, 0.2) is 52.9 Å². The zero-order valence-corrected chi connectivity index (χ0v) is 21.7. The van der Waals surface area contributed by atoms with Crippen molar-refractivity contribution in [3.05, 3.63) is 80.7 Å². The second-order valence-electron chi connectivity index (χ2n) is 8.81. The number of benzene rings is 2. The molecule has 1 heterocycles. The molecule has 35 heavy (non-hydrogen) atoms. The molecule has 0 atom stereocenters. The van der Waals surface area contributed by atoms with Crippen molar-refractivity contribution < 1.29 is 29.3 Å². The molecule has 0 amide bonds. The number of dihydropyridines is 1. The number of carbonyl (C=O) groups excluding carboxylic acids is 2. The van der Waals surface area contributed by atoms with E-state index in [4.69, 9.17) is 14.6 Å². The fourth-order valence-electron chi connectivity index (χ4n) is 4.30. The number of rotatable bonds is 4. The molecule has 0 aromatic heterocycles. The van der Waals surface area contributed by atoms with E-state index in [-0.39, 0.29) is 5.75 Å². The molecule has 1 aliphatic heterocycles. The summed E-state index contributed by atoms with van der Waals surface area (Å²) in [6.07, 6.45) is 0.410. The first-order valence-corrected chi connectivity index (χ1v) is 11.3. The molecule has 0 fully saturated rings. The summed E-state index contributed by atoms with van der Waals surface area (Å²) in [4.78, 5) is 24.8. The van der Waals surface area contributed by atoms with Crippen molar-refractivity contribution in [3.63, 3.8) is 0 Å². The van der Waals surface area contributed by atoms with Crippen molar-refractivity contribution in [2.24, 2.45) is 5.92 Å². The first-order valence-electron chi connectivity index (χ1n) is 11.3. The van der Waals surface area contributed by atoms with Crippen molar-refractivity contribution >= 4 is 11.9 Å². The van der Waals surface area contributed by atoms with Gasteiger partial charge in [0.15, 0.2) is 0 Å². The Morgan fingerprint density at radius 2 is 1.29 bits per heavy atom. The molecule has 0 unspecified atom stereocenters. The number of hydrogen-bond acceptors (Lipinski definition) is 7. The summed E-state index contributed by atoms with van der Waals surface area (Å²) in [6.45, 7) is 11.1. The van der Waals surface area contributed by atoms with E-state index >= 15 is 0 Å². The SMILES string of the molecule is COC(=O)C1=C(C)NC(C)=C(C(=O)OC)C1Cc1cc(C)c(O)c(C)c1.Cc1ccc(O)c(C)c1. The minimum atomic E-state index is -0.500. The highest BCUT2D eigenvalue weighted by molar-refractivity contribution is 5.97. The van der Waals surface area contributed by atoms with E-state index in [0.29, 0.717) is 34.7 Å². The smallest absolute Gasteiger partial charge is 0.336 e. The van der Waals surface area contributed by atoms with Gasteiger partial charge in [-0.05, 0) is 76.3 Å². The van der Waals surface area contributed by atoms with Crippen LogP contribution >= 0.6 is 0 Å². The van der Waals surface area contributed by atoms with Gasteiger partial charge >= 0.3 is 11.9 Å². The van der Waals surface area contributed by atoms with Gasteiger partial charge in [-0.2, -0.15) is 0 Å². The highest BCUT2D eigenvalue weighted by atomic mass is 16.5. The number of carbonyl (C=O) groups is 2. The van der Waals surface area contributed by atoms with Gasteiger partial charge in [-0.3, -0.25) is 0 Å². The van der Waals surface area contributed by atoms with E-state index in [1.807, 2.05) is 52.0 Å². The molecular weight excluding hydrogens is 446 g/mol. The van der Waals surface area contributed by atoms with Crippen LogP contribution in [0.25, 0.3) is 0 Å². The normalized spacial score (nSPS) is 13.6. The molecule has 2 aromatic rings. The molecule has 7 heteroatoms. The van der Waals surface area contributed by atoms with Crippen molar-refractivity contribution in [2.75, 3.05) is 14.2 Å². The van der Waals surface area contributed by atoms with Crippen LogP contribution in [-0.4, -0.2) is 36.4 Å². The Bertz CT molecular complexity index is 1130. The van der Waals surface area contributed by atoms with Crippen molar-refractivity contribution in [2.45, 2.75) is 48.0 Å². The van der Waals surface area contributed by atoms with Crippen LogP contribution in [0.3, 0.4) is 0 Å². The van der Waals surface area contributed by atoms with Gasteiger partial charge in [0.2, 0.25) is 0 Å². The van der Waals surface area contributed by atoms with Crippen LogP contribution in [0, 0.1) is 33.6 Å². The van der Waals surface area contributed by atoms with Crippen LogP contribution in [0.4, 0.5) is 0 Å². The number of phenolic OH excluding ortho intramolecular Hbond substituents is 2. The average molecular weight is 482 g/mol. The van der Waals surface area contributed by atoms with E-state index in [2.05, 4.69) is 5.32 Å². The Hall–Kier alpha value is -3.74. The standard InChI is InChI=1S/C20H25NO5.C8H10O/c1-10-7-14(8-11(2)18(10)22)9-15-16(19(23)25-5)12(3)21-13(4)17(15)20(24)26-6;1-6-3-4-8(9)7(2)5-6/h7-8,15,21-22H,9H2,1-6H3;3-5,9H,1-2H3. The maximum absolute atomic E-state index is 12.4. The first kappa shape index (κ1) is 27.5. The fourth-order valence-corrected chi connectivity index (χ4v) is 4.30. The van der Waals surface area contributed by atoms with E-state index < -0.39 is 17.9 Å². The lowest BCUT2D eigenvalue weighted by atomic mass is 9.80. The molecule has 0 radical (unpaired) electrons. The van der Waals surface area contributed by atoms with Crippen LogP contribution < -0.4 is 5.32 Å². The summed E-state index contributed by atoms with van der Waals surface area (Å²) >= 11 is 0. The minimum absolute atomic E-state index is 0.249. The summed E-state index contributed by atoms with van der Waals surface area (Å²) in [5, 5.41) is 22.1. The van der Waals surface area contributed by atoms with Gasteiger partial charge < -0.3 is 25.0 Å². The minimum Gasteiger partial charge on any atom is -0.508 e. The van der Waals surface area contributed by atoms with Crippen molar-refractivity contribution in [1.29, 1.82) is 0 Å². The summed E-state index contributed by atoms with van der Waals surface area (Å²) < 4.78 is 9.88. The average Bonchev–Trinajstić information content (AvgIpc) is 2.79. The molecule has 3 N–H and O–H groups in total. The number of ether oxygens (including phenoxy) is 2. The molecule has 2 aromatic carbocycles. The number of aryl methyl sites for hydroxylation is 4. The largest absolute Gasteiger partial charge is 0.508 e. The van der Waals surface area contributed by atoms with Gasteiger partial charge in [0.1, 0.15) is 11.5 Å². The third-order valence-corrected chi connectivity index (χ3v) is 6.03. The predicted octanol–water partition coefficient (Wildman–Crippen LogP) is 4.67. The molecule has 0 saturated heterocycles. The predicted molar refractivity (Wildman–Crippen MR) is 135 cm³/mol. The highest BCUT2D eigenvalue weighted by Crippen LogP contribution is 2.35. The number of nitrogens with one attached hydrogen (secondary N) is 1. The number of phenols is 2. The van der Waals surface area contributed by atoms with Crippen molar-refractivity contribution in [1.82, 2.24) is 5.32 Å². The molecule has 3 rings (SSSR count). The number of esters is 2. The molecule has 1 aliphatic rings. The van der Waals surface area contributed by atoms with Crippen molar-refractivity contribution in [3.8, 4) is 11.5 Å². The van der Waals surface area contributed by atoms with Gasteiger partial charge in [0, 0.05) is 17.3 Å². The number of hydrogen-bond donors (Lipinski definition) is 3. The summed E-state index contributed by atoms with van der Waals surface area (Å²) in [5.74, 6) is -0.846. The molecule has 0 spiro atoms. The van der Waals surface area contributed by atoms with Gasteiger partial charge in [-0.1, -0.05) is 29.8 Å². The van der Waals surface area contributed by atoms with E-state index in [1.165, 1.54) is 19.8 Å². The van der Waals surface area contributed by atoms with E-state index in [1.54, 1.807) is 19.9 Å². The highest BCUT2D eigenvalue weighted by Gasteiger charge is 2.36. The van der Waals surface area contributed by atoms with Crippen LogP contribution in [0.1, 0.15) is 41.7 Å². The molecule has 0 bridgehead atoms. The van der Waals surface area contributed by atoms with Crippen LogP contribution in [0.5, 0.6) is 11.5 Å². The number of methoxy groups -OCH3 is 2. The lowest BCUT2D eigenvalue weighted by Gasteiger charge is -2.30. The summed E-state index contributed by atoms with van der Waals surface area (Å²) in [7, 11) is 2.63. The van der Waals surface area contributed by atoms with Gasteiger partial charge in [0.05, 0.1) is 25.4 Å². The maximum Gasteiger partial charge on any atom is 0.336 e. The van der Waals surface area contributed by atoms with Gasteiger partial charge in [-0.25, -0.2) is 9.59 Å². The molecule has 7 nitrogen and oxygen atoms in total. The van der Waals surface area contributed by atoms with Crippen LogP contribution in [0.2, 0.25) is 0 Å². The van der Waals surface area contributed by atoms with Gasteiger partial charge in [-0.15, -0.1) is 0 Å².